The van der Waals surface area contributed by atoms with Gasteiger partial charge in [0.15, 0.2) is 12.2 Å². The molecule has 1 saturated heterocycles. The van der Waals surface area contributed by atoms with Crippen molar-refractivity contribution >= 4 is 59.2 Å². The molecule has 0 saturated carbocycles. The van der Waals surface area contributed by atoms with E-state index in [4.69, 9.17) is 27.0 Å². The van der Waals surface area contributed by atoms with Crippen molar-refractivity contribution in [2.45, 2.75) is 120 Å². The van der Waals surface area contributed by atoms with Gasteiger partial charge in [0.25, 0.3) is 0 Å². The number of aliphatic imine (C=N–C) groups is 1. The summed E-state index contributed by atoms with van der Waals surface area (Å²) in [6.07, 6.45) is -8.90. The van der Waals surface area contributed by atoms with Crippen LogP contribution in [-0.2, 0) is 54.3 Å². The van der Waals surface area contributed by atoms with Crippen molar-refractivity contribution in [3.8, 4) is 0 Å². The molecule has 1 aliphatic rings. The number of carboxylic acids is 2. The van der Waals surface area contributed by atoms with Crippen molar-refractivity contribution < 1.29 is 78.5 Å². The number of guanidine groups is 1. The zero-order valence-electron chi connectivity index (χ0n) is 36.4. The molecular formula is C39H61N11O16. The second-order valence-electron chi connectivity index (χ2n) is 15.6. The van der Waals surface area contributed by atoms with Gasteiger partial charge in [-0.25, -0.2) is 4.79 Å². The molecule has 0 spiro atoms. The predicted octanol–water partition coefficient (Wildman–Crippen LogP) is -7.31. The van der Waals surface area contributed by atoms with E-state index in [1.807, 2.05) is 5.32 Å². The van der Waals surface area contributed by atoms with Gasteiger partial charge in [0.05, 0.1) is 32.1 Å². The molecular weight excluding hydrogens is 878 g/mol. The fraction of sp³-hybridized carbons (Fsp3) is 0.590. The first kappa shape index (κ1) is 55.6. The number of carbonyl (C=O) groups excluding carboxylic acids is 7. The highest BCUT2D eigenvalue weighted by Crippen LogP contribution is 2.20. The van der Waals surface area contributed by atoms with Gasteiger partial charge < -0.3 is 89.8 Å². The summed E-state index contributed by atoms with van der Waals surface area (Å²) in [6, 6.07) is -2.82. The number of rotatable bonds is 26. The zero-order chi connectivity index (χ0) is 49.8. The molecule has 1 fully saturated rings. The molecule has 2 rings (SSSR count). The number of hydrogen-bond acceptors (Lipinski definition) is 16. The van der Waals surface area contributed by atoms with Crippen molar-refractivity contribution in [3.63, 3.8) is 0 Å². The van der Waals surface area contributed by atoms with Crippen molar-refractivity contribution in [3.05, 3.63) is 35.9 Å². The minimum atomic E-state index is -1.96. The van der Waals surface area contributed by atoms with Gasteiger partial charge in [0.1, 0.15) is 54.6 Å². The Hall–Kier alpha value is -6.52. The monoisotopic (exact) mass is 939 g/mol. The SMILES string of the molecule is CC(=O)N[C@@H]1[C@@H](O)[C@H](O)[C@@H](CO)O[C@H]1NC(=O)C[C@H](NC(=O)[C@@H](NC(=O)[C@@H](N)Cc1ccccc1)C(C)C)C(=O)N[C@@H](CO)C(=O)N[C@@H](CCCN=C(N)N)C(=O)N[C@@H](CC(=O)O)C(=O)O. The number of amides is 7. The molecule has 11 atom stereocenters. The van der Waals surface area contributed by atoms with Gasteiger partial charge in [-0.15, -0.1) is 0 Å². The van der Waals surface area contributed by atoms with E-state index >= 15 is 0 Å². The number of nitrogens with zero attached hydrogens (tertiary/aromatic N) is 1. The third-order valence-corrected chi connectivity index (χ3v) is 9.89. The number of hydrogen-bond donors (Lipinski definition) is 16. The highest BCUT2D eigenvalue weighted by molar-refractivity contribution is 5.98. The van der Waals surface area contributed by atoms with Crippen LogP contribution >= 0.6 is 0 Å². The summed E-state index contributed by atoms with van der Waals surface area (Å²) in [5.41, 5.74) is 17.5. The van der Waals surface area contributed by atoms with Crippen LogP contribution in [0.25, 0.3) is 0 Å². The Balaban J connectivity index is 2.46. The molecule has 1 aromatic rings. The van der Waals surface area contributed by atoms with Crippen LogP contribution in [0.1, 0.15) is 52.0 Å². The molecule has 0 radical (unpaired) electrons. The number of nitrogens with two attached hydrogens (primary N) is 3. The lowest BCUT2D eigenvalue weighted by Crippen LogP contribution is -2.68. The van der Waals surface area contributed by atoms with Crippen molar-refractivity contribution in [1.29, 1.82) is 0 Å². The molecule has 66 heavy (non-hydrogen) atoms. The standard InChI is InChI=1S/C39H61N11O16/c1-17(2)28(50-32(59)20(40)12-19-8-5-4-6-9-19)36(63)46-22(13-26(54)49-37-29(44-18(3)53)31(58)30(57)25(16-52)66-37)34(61)48-24(15-51)35(62)45-21(10-7-11-43-39(41)42)33(60)47-23(38(64)65)14-27(55)56/h4-6,8-9,17,20-25,28-31,37,51-52,57-58H,7,10-16,40H2,1-3H3,(H,44,53)(H,45,62)(H,46,63)(H,47,60)(H,48,61)(H,49,54)(H,50,59)(H,55,56)(H,64,65)(H4,41,42,43)/t20-,21-,22-,23-,24-,25+,28-,29+,30+,31+,37+/m0/s1. The number of carbonyl (C=O) groups is 9. The number of nitrogens with one attached hydrogen (secondary N) is 7. The molecule has 0 bridgehead atoms. The highest BCUT2D eigenvalue weighted by Gasteiger charge is 2.46. The van der Waals surface area contributed by atoms with Gasteiger partial charge in [-0.2, -0.15) is 0 Å². The van der Waals surface area contributed by atoms with Gasteiger partial charge in [-0.05, 0) is 30.7 Å². The van der Waals surface area contributed by atoms with E-state index in [-0.39, 0.29) is 31.8 Å². The van der Waals surface area contributed by atoms with Gasteiger partial charge in [0.2, 0.25) is 41.4 Å². The van der Waals surface area contributed by atoms with E-state index in [2.05, 4.69) is 36.9 Å². The fourth-order valence-corrected chi connectivity index (χ4v) is 6.42. The Labute approximate surface area is 378 Å². The Kier molecular flexibility index (Phi) is 22.8. The first-order chi connectivity index (χ1) is 31.0. The first-order valence-electron chi connectivity index (χ1n) is 20.6. The summed E-state index contributed by atoms with van der Waals surface area (Å²) in [7, 11) is 0. The molecule has 27 nitrogen and oxygen atoms in total. The van der Waals surface area contributed by atoms with Crippen molar-refractivity contribution in [1.82, 2.24) is 37.2 Å². The number of aliphatic hydroxyl groups excluding tert-OH is 4. The minimum absolute atomic E-state index is 0.0143. The number of ether oxygens (including phenoxy) is 1. The lowest BCUT2D eigenvalue weighted by Gasteiger charge is -2.42. The lowest BCUT2D eigenvalue weighted by molar-refractivity contribution is -0.203. The average Bonchev–Trinajstić information content (AvgIpc) is 3.24. The topological polar surface area (TPSA) is 459 Å². The Morgan fingerprint density at radius 2 is 1.32 bits per heavy atom. The first-order valence-corrected chi connectivity index (χ1v) is 20.6. The van der Waals surface area contributed by atoms with Gasteiger partial charge in [0, 0.05) is 13.5 Å². The maximum Gasteiger partial charge on any atom is 0.326 e. The Morgan fingerprint density at radius 1 is 0.742 bits per heavy atom. The summed E-state index contributed by atoms with van der Waals surface area (Å²) in [4.78, 5) is 120. The molecule has 19 N–H and O–H groups in total. The third-order valence-electron chi connectivity index (χ3n) is 9.89. The smallest absolute Gasteiger partial charge is 0.326 e. The molecule has 1 aliphatic heterocycles. The Morgan fingerprint density at radius 3 is 1.86 bits per heavy atom. The predicted molar refractivity (Wildman–Crippen MR) is 228 cm³/mol. The van der Waals surface area contributed by atoms with Crippen LogP contribution in [0.5, 0.6) is 0 Å². The largest absolute Gasteiger partial charge is 0.481 e. The molecule has 1 aromatic carbocycles. The van der Waals surface area contributed by atoms with Crippen LogP contribution in [0.2, 0.25) is 0 Å². The van der Waals surface area contributed by atoms with Crippen LogP contribution in [0.15, 0.2) is 35.3 Å². The molecule has 368 valence electrons. The second kappa shape index (κ2) is 27.1. The van der Waals surface area contributed by atoms with Crippen LogP contribution < -0.4 is 54.4 Å². The molecule has 1 heterocycles. The van der Waals surface area contributed by atoms with Crippen LogP contribution in [0.3, 0.4) is 0 Å². The van der Waals surface area contributed by atoms with E-state index in [0.717, 1.165) is 6.92 Å². The van der Waals surface area contributed by atoms with Crippen LogP contribution in [-0.4, -0.2) is 176 Å². The van der Waals surface area contributed by atoms with Crippen LogP contribution in [0, 0.1) is 5.92 Å². The van der Waals surface area contributed by atoms with E-state index < -0.39 is 152 Å². The molecule has 0 unspecified atom stereocenters. The fourth-order valence-electron chi connectivity index (χ4n) is 6.42. The van der Waals surface area contributed by atoms with E-state index in [1.165, 1.54) is 0 Å². The number of carboxylic acid groups (broad SMARTS) is 2. The maximum atomic E-state index is 14.0. The average molecular weight is 940 g/mol. The zero-order valence-corrected chi connectivity index (χ0v) is 36.4. The number of benzene rings is 1. The summed E-state index contributed by atoms with van der Waals surface area (Å²) >= 11 is 0. The second-order valence-corrected chi connectivity index (χ2v) is 15.6. The number of aliphatic hydroxyl groups is 4. The molecule has 7 amide bonds. The van der Waals surface area contributed by atoms with Crippen molar-refractivity contribution in [2.75, 3.05) is 19.8 Å². The number of aliphatic carboxylic acids is 2. The maximum absolute atomic E-state index is 14.0. The van der Waals surface area contributed by atoms with E-state index in [0.29, 0.717) is 5.56 Å². The molecule has 27 heteroatoms. The van der Waals surface area contributed by atoms with E-state index in [9.17, 15) is 68.7 Å². The van der Waals surface area contributed by atoms with E-state index in [1.54, 1.807) is 44.2 Å². The molecule has 0 aromatic heterocycles. The summed E-state index contributed by atoms with van der Waals surface area (Å²) in [5.74, 6) is -11.7. The van der Waals surface area contributed by atoms with Gasteiger partial charge in [-0.3, -0.25) is 43.3 Å². The highest BCUT2D eigenvalue weighted by atomic mass is 16.5. The van der Waals surface area contributed by atoms with Crippen LogP contribution in [0.4, 0.5) is 0 Å². The summed E-state index contributed by atoms with van der Waals surface area (Å²) in [6.45, 7) is 2.05. The molecule has 0 aliphatic carbocycles. The lowest BCUT2D eigenvalue weighted by atomic mass is 9.95. The van der Waals surface area contributed by atoms with Gasteiger partial charge in [-0.1, -0.05) is 44.2 Å². The minimum Gasteiger partial charge on any atom is -0.481 e. The summed E-state index contributed by atoms with van der Waals surface area (Å²) in [5, 5.41) is 75.5. The Bertz CT molecular complexity index is 1890. The third kappa shape index (κ3) is 18.2. The normalized spacial score (nSPS) is 20.7. The summed E-state index contributed by atoms with van der Waals surface area (Å²) < 4.78 is 5.52. The quantitative estimate of drug-likeness (QED) is 0.0233. The van der Waals surface area contributed by atoms with Crippen molar-refractivity contribution in [2.24, 2.45) is 28.1 Å². The van der Waals surface area contributed by atoms with Gasteiger partial charge >= 0.3 is 11.9 Å².